The van der Waals surface area contributed by atoms with Gasteiger partial charge in [0.15, 0.2) is 0 Å². The van der Waals surface area contributed by atoms with Crippen LogP contribution in [0.15, 0.2) is 54.6 Å². The summed E-state index contributed by atoms with van der Waals surface area (Å²) in [7, 11) is 0. The molecule has 0 aromatic heterocycles. The number of nitrogens with one attached hydrogen (secondary N) is 2. The molecule has 0 spiro atoms. The van der Waals surface area contributed by atoms with Crippen molar-refractivity contribution in [3.05, 3.63) is 65.7 Å². The van der Waals surface area contributed by atoms with Crippen molar-refractivity contribution in [1.29, 1.82) is 0 Å². The van der Waals surface area contributed by atoms with Crippen LogP contribution in [0.4, 0.5) is 5.69 Å². The van der Waals surface area contributed by atoms with E-state index in [9.17, 15) is 14.4 Å². The largest absolute Gasteiger partial charge is 0.466 e. The summed E-state index contributed by atoms with van der Waals surface area (Å²) in [6.45, 7) is 4.35. The third kappa shape index (κ3) is 9.47. The van der Waals surface area contributed by atoms with Crippen molar-refractivity contribution in [2.24, 2.45) is 0 Å². The molecule has 0 fully saturated rings. The summed E-state index contributed by atoms with van der Waals surface area (Å²) in [6.07, 6.45) is 3.39. The third-order valence-electron chi connectivity index (χ3n) is 4.92. The fourth-order valence-electron chi connectivity index (χ4n) is 2.91. The topological polar surface area (TPSA) is 84.5 Å². The molecule has 6 nitrogen and oxygen atoms in total. The van der Waals surface area contributed by atoms with E-state index in [1.54, 1.807) is 24.3 Å². The highest BCUT2D eigenvalue weighted by Gasteiger charge is 2.10. The van der Waals surface area contributed by atoms with Crippen LogP contribution in [-0.2, 0) is 20.7 Å². The molecule has 2 N–H and O–H groups in total. The van der Waals surface area contributed by atoms with E-state index in [2.05, 4.69) is 22.8 Å². The van der Waals surface area contributed by atoms with E-state index in [0.29, 0.717) is 24.3 Å². The monoisotopic (exact) mass is 424 g/mol. The maximum Gasteiger partial charge on any atom is 0.305 e. The molecule has 1 unspecified atom stereocenters. The Labute approximate surface area is 184 Å². The molecule has 0 aliphatic carbocycles. The number of anilines is 1. The molecule has 31 heavy (non-hydrogen) atoms. The Morgan fingerprint density at radius 2 is 1.65 bits per heavy atom. The first-order valence-electron chi connectivity index (χ1n) is 10.9. The van der Waals surface area contributed by atoms with Crippen molar-refractivity contribution in [2.45, 2.75) is 58.4 Å². The van der Waals surface area contributed by atoms with Crippen molar-refractivity contribution in [3.8, 4) is 0 Å². The van der Waals surface area contributed by atoms with Gasteiger partial charge in [-0.2, -0.15) is 0 Å². The predicted molar refractivity (Wildman–Crippen MR) is 122 cm³/mol. The molecule has 2 amide bonds. The third-order valence-corrected chi connectivity index (χ3v) is 4.92. The molecule has 1 atom stereocenters. The molecule has 0 saturated heterocycles. The van der Waals surface area contributed by atoms with Gasteiger partial charge >= 0.3 is 5.97 Å². The Balaban J connectivity index is 1.60. The Hall–Kier alpha value is -3.15. The maximum atomic E-state index is 12.1. The first-order chi connectivity index (χ1) is 15.0. The SMILES string of the molecule is CCC(C)NC(=O)c1ccc(NC(=O)CCCC(=O)OCCCc2ccccc2)cc1. The number of carbonyl (C=O) groups is 3. The second kappa shape index (κ2) is 13.2. The normalized spacial score (nSPS) is 11.4. The van der Waals surface area contributed by atoms with Gasteiger partial charge in [0.1, 0.15) is 0 Å². The number of rotatable bonds is 12. The molecule has 0 bridgehead atoms. The molecule has 166 valence electrons. The summed E-state index contributed by atoms with van der Waals surface area (Å²) in [5.41, 5.74) is 2.39. The van der Waals surface area contributed by atoms with Gasteiger partial charge in [0.05, 0.1) is 6.61 Å². The molecular weight excluding hydrogens is 392 g/mol. The van der Waals surface area contributed by atoms with E-state index < -0.39 is 0 Å². The minimum atomic E-state index is -0.280. The van der Waals surface area contributed by atoms with E-state index in [0.717, 1.165) is 19.3 Å². The summed E-state index contributed by atoms with van der Waals surface area (Å²) in [4.78, 5) is 36.0. The molecule has 2 aromatic rings. The van der Waals surface area contributed by atoms with Crippen LogP contribution in [-0.4, -0.2) is 30.4 Å². The van der Waals surface area contributed by atoms with Gasteiger partial charge in [-0.25, -0.2) is 0 Å². The van der Waals surface area contributed by atoms with Gasteiger partial charge in [0.2, 0.25) is 5.91 Å². The standard InChI is InChI=1S/C25H32N2O4/c1-3-19(2)26-25(30)21-14-16-22(17-15-21)27-23(28)12-7-13-24(29)31-18-8-11-20-9-5-4-6-10-20/h4-6,9-10,14-17,19H,3,7-8,11-13,18H2,1-2H3,(H,26,30)(H,27,28). The number of aryl methyl sites for hydroxylation is 1. The van der Waals surface area contributed by atoms with Gasteiger partial charge in [-0.05, 0) is 62.4 Å². The lowest BCUT2D eigenvalue weighted by Crippen LogP contribution is -2.31. The molecule has 0 heterocycles. The quantitative estimate of drug-likeness (QED) is 0.388. The first-order valence-corrected chi connectivity index (χ1v) is 10.9. The molecule has 2 aromatic carbocycles. The second-order valence-electron chi connectivity index (χ2n) is 7.57. The van der Waals surface area contributed by atoms with Gasteiger partial charge in [-0.3, -0.25) is 14.4 Å². The maximum absolute atomic E-state index is 12.1. The molecular formula is C25H32N2O4. The zero-order valence-electron chi connectivity index (χ0n) is 18.4. The lowest BCUT2D eigenvalue weighted by atomic mass is 10.1. The van der Waals surface area contributed by atoms with Crippen LogP contribution in [0.1, 0.15) is 61.9 Å². The highest BCUT2D eigenvalue weighted by atomic mass is 16.5. The summed E-state index contributed by atoms with van der Waals surface area (Å²) < 4.78 is 5.23. The van der Waals surface area contributed by atoms with Gasteiger partial charge in [-0.1, -0.05) is 37.3 Å². The lowest BCUT2D eigenvalue weighted by Gasteiger charge is -2.11. The van der Waals surface area contributed by atoms with Crippen molar-refractivity contribution in [2.75, 3.05) is 11.9 Å². The van der Waals surface area contributed by atoms with Crippen LogP contribution in [0.3, 0.4) is 0 Å². The Bertz CT molecular complexity index is 834. The predicted octanol–water partition coefficient (Wildman–Crippen LogP) is 4.50. The zero-order chi connectivity index (χ0) is 22.5. The number of hydrogen-bond acceptors (Lipinski definition) is 4. The number of carbonyl (C=O) groups excluding carboxylic acids is 3. The summed E-state index contributed by atoms with van der Waals surface area (Å²) >= 11 is 0. The highest BCUT2D eigenvalue weighted by molar-refractivity contribution is 5.96. The van der Waals surface area contributed by atoms with E-state index in [4.69, 9.17) is 4.74 Å². The first kappa shape index (κ1) is 24.1. The van der Waals surface area contributed by atoms with Gasteiger partial charge in [0.25, 0.3) is 5.91 Å². The minimum absolute atomic E-state index is 0.113. The molecule has 0 radical (unpaired) electrons. The van der Waals surface area contributed by atoms with Crippen LogP contribution in [0.5, 0.6) is 0 Å². The minimum Gasteiger partial charge on any atom is -0.466 e. The van der Waals surface area contributed by atoms with Gasteiger partial charge in [-0.15, -0.1) is 0 Å². The molecule has 6 heteroatoms. The molecule has 2 rings (SSSR count). The lowest BCUT2D eigenvalue weighted by molar-refractivity contribution is -0.143. The van der Waals surface area contributed by atoms with Gasteiger partial charge in [0, 0.05) is 30.1 Å². The van der Waals surface area contributed by atoms with Crippen LogP contribution >= 0.6 is 0 Å². The Morgan fingerprint density at radius 3 is 2.32 bits per heavy atom. The zero-order valence-corrected chi connectivity index (χ0v) is 18.4. The molecule has 0 aliphatic heterocycles. The summed E-state index contributed by atoms with van der Waals surface area (Å²) in [5, 5.41) is 5.68. The number of hydrogen-bond donors (Lipinski definition) is 2. The van der Waals surface area contributed by atoms with Gasteiger partial charge < -0.3 is 15.4 Å². The Kier molecular flexibility index (Phi) is 10.3. The van der Waals surface area contributed by atoms with Crippen LogP contribution in [0, 0.1) is 0 Å². The number of amides is 2. The smallest absolute Gasteiger partial charge is 0.305 e. The Morgan fingerprint density at radius 1 is 0.935 bits per heavy atom. The number of benzene rings is 2. The molecule has 0 saturated carbocycles. The van der Waals surface area contributed by atoms with Crippen LogP contribution < -0.4 is 10.6 Å². The van der Waals surface area contributed by atoms with Crippen molar-refractivity contribution < 1.29 is 19.1 Å². The van der Waals surface area contributed by atoms with E-state index in [1.165, 1.54) is 5.56 Å². The molecule has 0 aliphatic rings. The average Bonchev–Trinajstić information content (AvgIpc) is 2.77. The van der Waals surface area contributed by atoms with E-state index >= 15 is 0 Å². The van der Waals surface area contributed by atoms with Crippen molar-refractivity contribution >= 4 is 23.5 Å². The summed E-state index contributed by atoms with van der Waals surface area (Å²) in [6, 6.07) is 16.9. The summed E-state index contributed by atoms with van der Waals surface area (Å²) in [5.74, 6) is -0.583. The van der Waals surface area contributed by atoms with Crippen molar-refractivity contribution in [3.63, 3.8) is 0 Å². The average molecular weight is 425 g/mol. The van der Waals surface area contributed by atoms with Crippen LogP contribution in [0.25, 0.3) is 0 Å². The number of esters is 1. The number of ether oxygens (including phenoxy) is 1. The van der Waals surface area contributed by atoms with Crippen molar-refractivity contribution in [1.82, 2.24) is 5.32 Å². The fraction of sp³-hybridized carbons (Fsp3) is 0.400. The van der Waals surface area contributed by atoms with E-state index in [1.807, 2.05) is 32.0 Å². The highest BCUT2D eigenvalue weighted by Crippen LogP contribution is 2.11. The van der Waals surface area contributed by atoms with E-state index in [-0.39, 0.29) is 36.7 Å². The fourth-order valence-corrected chi connectivity index (χ4v) is 2.91. The second-order valence-corrected chi connectivity index (χ2v) is 7.57. The van der Waals surface area contributed by atoms with Crippen LogP contribution in [0.2, 0.25) is 0 Å².